The Balaban J connectivity index is 1.81. The van der Waals surface area contributed by atoms with E-state index in [1.165, 1.54) is 0 Å². The van der Waals surface area contributed by atoms with Crippen molar-refractivity contribution in [2.45, 2.75) is 24.7 Å². The summed E-state index contributed by atoms with van der Waals surface area (Å²) in [4.78, 5) is 12.4. The Morgan fingerprint density at radius 2 is 2.08 bits per heavy atom. The summed E-state index contributed by atoms with van der Waals surface area (Å²) in [5.41, 5.74) is 0. The SMILES string of the molecule is O=C(OC1CC2CN2C1)C(F)(F)F. The summed E-state index contributed by atoms with van der Waals surface area (Å²) >= 11 is 0. The average molecular weight is 195 g/mol. The molecule has 0 radical (unpaired) electrons. The fraction of sp³-hybridized carbons (Fsp3) is 0.857. The first kappa shape index (κ1) is 8.80. The van der Waals surface area contributed by atoms with Gasteiger partial charge in [0.15, 0.2) is 0 Å². The number of fused-ring (bicyclic) bond motifs is 1. The van der Waals surface area contributed by atoms with Crippen LogP contribution in [0.25, 0.3) is 0 Å². The second kappa shape index (κ2) is 2.60. The molecule has 2 aliphatic rings. The molecule has 2 saturated heterocycles. The van der Waals surface area contributed by atoms with Crippen LogP contribution in [0.15, 0.2) is 0 Å². The van der Waals surface area contributed by atoms with E-state index in [9.17, 15) is 18.0 Å². The molecule has 3 nitrogen and oxygen atoms in total. The van der Waals surface area contributed by atoms with E-state index in [1.807, 2.05) is 4.90 Å². The molecule has 0 aromatic heterocycles. The molecule has 0 N–H and O–H groups in total. The highest BCUT2D eigenvalue weighted by Crippen LogP contribution is 2.32. The van der Waals surface area contributed by atoms with E-state index in [2.05, 4.69) is 4.74 Å². The van der Waals surface area contributed by atoms with Gasteiger partial charge in [-0.1, -0.05) is 0 Å². The average Bonchev–Trinajstić information content (AvgIpc) is 2.57. The second-order valence-corrected chi connectivity index (χ2v) is 3.37. The van der Waals surface area contributed by atoms with Gasteiger partial charge in [-0.25, -0.2) is 4.79 Å². The van der Waals surface area contributed by atoms with Crippen molar-refractivity contribution in [1.82, 2.24) is 4.90 Å². The molecule has 6 heteroatoms. The molecule has 0 aliphatic carbocycles. The maximum atomic E-state index is 11.7. The van der Waals surface area contributed by atoms with E-state index in [0.29, 0.717) is 19.0 Å². The van der Waals surface area contributed by atoms with Crippen LogP contribution in [0.3, 0.4) is 0 Å². The summed E-state index contributed by atoms with van der Waals surface area (Å²) in [6.07, 6.45) is -4.88. The molecule has 74 valence electrons. The predicted molar refractivity (Wildman–Crippen MR) is 35.9 cm³/mol. The molecular formula is C7H8F3NO2. The van der Waals surface area contributed by atoms with Crippen LogP contribution in [0.2, 0.25) is 0 Å². The molecule has 2 aliphatic heterocycles. The van der Waals surface area contributed by atoms with Gasteiger partial charge in [0.1, 0.15) is 6.10 Å². The number of hydrogen-bond donors (Lipinski definition) is 0. The van der Waals surface area contributed by atoms with Gasteiger partial charge in [-0.3, -0.25) is 4.90 Å². The molecule has 0 bridgehead atoms. The maximum Gasteiger partial charge on any atom is 0.490 e. The van der Waals surface area contributed by atoms with Crippen molar-refractivity contribution in [2.24, 2.45) is 0 Å². The number of nitrogens with zero attached hydrogens (tertiary/aromatic N) is 1. The fourth-order valence-corrected chi connectivity index (χ4v) is 1.61. The quantitative estimate of drug-likeness (QED) is 0.452. The molecule has 3 unspecified atom stereocenters. The van der Waals surface area contributed by atoms with Crippen LogP contribution in [0.5, 0.6) is 0 Å². The second-order valence-electron chi connectivity index (χ2n) is 3.37. The number of hydrogen-bond acceptors (Lipinski definition) is 3. The van der Waals surface area contributed by atoms with E-state index in [1.54, 1.807) is 0 Å². The number of rotatable bonds is 1. The summed E-state index contributed by atoms with van der Waals surface area (Å²) in [5, 5.41) is 0. The molecule has 0 aromatic rings. The van der Waals surface area contributed by atoms with Crippen LogP contribution in [0.1, 0.15) is 6.42 Å². The maximum absolute atomic E-state index is 11.7. The van der Waals surface area contributed by atoms with Crippen LogP contribution in [0, 0.1) is 0 Å². The van der Waals surface area contributed by atoms with Crippen molar-refractivity contribution < 1.29 is 22.7 Å². The monoisotopic (exact) mass is 195 g/mol. The Bertz CT molecular complexity index is 230. The zero-order valence-corrected chi connectivity index (χ0v) is 6.67. The van der Waals surface area contributed by atoms with Crippen molar-refractivity contribution in [3.63, 3.8) is 0 Å². The van der Waals surface area contributed by atoms with E-state index in [4.69, 9.17) is 0 Å². The normalized spacial score (nSPS) is 37.0. The van der Waals surface area contributed by atoms with Crippen LogP contribution in [-0.4, -0.2) is 42.3 Å². The molecule has 0 amide bonds. The van der Waals surface area contributed by atoms with Gasteiger partial charge in [-0.15, -0.1) is 0 Å². The zero-order valence-electron chi connectivity index (χ0n) is 6.67. The topological polar surface area (TPSA) is 29.3 Å². The first-order valence-corrected chi connectivity index (χ1v) is 3.98. The molecular weight excluding hydrogens is 187 g/mol. The van der Waals surface area contributed by atoms with E-state index in [0.717, 1.165) is 6.54 Å². The lowest BCUT2D eigenvalue weighted by atomic mass is 10.2. The largest absolute Gasteiger partial charge is 0.490 e. The van der Waals surface area contributed by atoms with Gasteiger partial charge in [0.2, 0.25) is 0 Å². The van der Waals surface area contributed by atoms with E-state index < -0.39 is 18.2 Å². The minimum Gasteiger partial charge on any atom is -0.454 e. The summed E-state index contributed by atoms with van der Waals surface area (Å²) in [6, 6.07) is 0.353. The lowest BCUT2D eigenvalue weighted by Crippen LogP contribution is -2.31. The number of esters is 1. The molecule has 0 saturated carbocycles. The Morgan fingerprint density at radius 3 is 2.54 bits per heavy atom. The Kier molecular flexibility index (Phi) is 1.76. The molecule has 0 aromatic carbocycles. The highest BCUT2D eigenvalue weighted by molar-refractivity contribution is 5.75. The van der Waals surface area contributed by atoms with Crippen molar-refractivity contribution in [3.8, 4) is 0 Å². The summed E-state index contributed by atoms with van der Waals surface area (Å²) in [6.45, 7) is 1.38. The molecule has 2 fully saturated rings. The van der Waals surface area contributed by atoms with Gasteiger partial charge < -0.3 is 4.74 Å². The molecule has 0 spiro atoms. The number of ether oxygens (including phenoxy) is 1. The minimum atomic E-state index is -4.86. The summed E-state index contributed by atoms with van der Waals surface area (Å²) in [5.74, 6) is -2.07. The standard InChI is InChI=1S/C7H8F3NO2/c8-7(9,10)6(12)13-5-1-4-2-11(4)3-5/h4-5H,1-3H2. The Morgan fingerprint density at radius 1 is 1.38 bits per heavy atom. The zero-order chi connectivity index (χ0) is 9.64. The number of carbonyl (C=O) groups is 1. The molecule has 3 atom stereocenters. The first-order chi connectivity index (χ1) is 5.97. The fourth-order valence-electron chi connectivity index (χ4n) is 1.61. The van der Waals surface area contributed by atoms with Gasteiger partial charge in [-0.05, 0) is 0 Å². The molecule has 2 heterocycles. The summed E-state index contributed by atoms with van der Waals surface area (Å²) in [7, 11) is 0. The highest BCUT2D eigenvalue weighted by Gasteiger charge is 2.48. The van der Waals surface area contributed by atoms with Crippen LogP contribution < -0.4 is 0 Å². The Hall–Kier alpha value is -0.780. The van der Waals surface area contributed by atoms with Gasteiger partial charge in [0, 0.05) is 25.6 Å². The van der Waals surface area contributed by atoms with E-state index in [-0.39, 0.29) is 0 Å². The third-order valence-electron chi connectivity index (χ3n) is 2.31. The summed E-state index contributed by atoms with van der Waals surface area (Å²) < 4.78 is 39.4. The number of carbonyl (C=O) groups excluding carboxylic acids is 1. The third kappa shape index (κ3) is 1.77. The highest BCUT2D eigenvalue weighted by atomic mass is 19.4. The van der Waals surface area contributed by atoms with Crippen LogP contribution in [0.4, 0.5) is 13.2 Å². The molecule has 2 rings (SSSR count). The number of alkyl halides is 3. The van der Waals surface area contributed by atoms with Crippen molar-refractivity contribution in [2.75, 3.05) is 13.1 Å². The lowest BCUT2D eigenvalue weighted by molar-refractivity contribution is -0.204. The van der Waals surface area contributed by atoms with Crippen molar-refractivity contribution >= 4 is 5.97 Å². The number of piperidine rings is 1. The Labute approximate surface area is 72.4 Å². The minimum absolute atomic E-state index is 0.353. The number of halogens is 3. The van der Waals surface area contributed by atoms with Gasteiger partial charge in [0.25, 0.3) is 0 Å². The van der Waals surface area contributed by atoms with Crippen LogP contribution in [-0.2, 0) is 9.53 Å². The first-order valence-electron chi connectivity index (χ1n) is 3.98. The molecule has 13 heavy (non-hydrogen) atoms. The van der Waals surface area contributed by atoms with Gasteiger partial charge >= 0.3 is 12.1 Å². The van der Waals surface area contributed by atoms with E-state index >= 15 is 0 Å². The van der Waals surface area contributed by atoms with Crippen molar-refractivity contribution in [3.05, 3.63) is 0 Å². The third-order valence-corrected chi connectivity index (χ3v) is 2.31. The van der Waals surface area contributed by atoms with Crippen molar-refractivity contribution in [1.29, 1.82) is 0 Å². The van der Waals surface area contributed by atoms with Gasteiger partial charge in [0.05, 0.1) is 0 Å². The lowest BCUT2D eigenvalue weighted by Gasteiger charge is -2.13. The predicted octanol–water partition coefficient (Wildman–Crippen LogP) is 0.548. The smallest absolute Gasteiger partial charge is 0.454 e. The van der Waals surface area contributed by atoms with Crippen LogP contribution >= 0.6 is 0 Å². The van der Waals surface area contributed by atoms with Gasteiger partial charge in [-0.2, -0.15) is 13.2 Å².